The third kappa shape index (κ3) is 6.56. The molecule has 0 aliphatic heterocycles. The molecule has 0 aromatic carbocycles. The summed E-state index contributed by atoms with van der Waals surface area (Å²) in [7, 11) is 0. The molecule has 1 aliphatic rings. The topological polar surface area (TPSA) is 0 Å². The maximum absolute atomic E-state index is 2.58. The van der Waals surface area contributed by atoms with Gasteiger partial charge in [-0.1, -0.05) is 81.6 Å². The van der Waals surface area contributed by atoms with E-state index in [4.69, 9.17) is 0 Å². The average Bonchev–Trinajstić information content (AvgIpc) is 2.66. The first-order valence-corrected chi connectivity index (χ1v) is 12.3. The molecule has 0 N–H and O–H groups in total. The standard InChI is InChI=1S/C26H52/c1-10-19(6)23(11-2)17-24(12-3)21(8)20(7)22(9)26-15-13-25(14-16-26)18(4)5/h18-26H,10-17H2,1-9H3. The summed E-state index contributed by atoms with van der Waals surface area (Å²) in [6.45, 7) is 22.3. The average molecular weight is 365 g/mol. The summed E-state index contributed by atoms with van der Waals surface area (Å²) in [6.07, 6.45) is 11.5. The second-order valence-electron chi connectivity index (χ2n) is 10.5. The van der Waals surface area contributed by atoms with Crippen LogP contribution in [0.1, 0.15) is 114 Å². The quantitative estimate of drug-likeness (QED) is 0.343. The zero-order chi connectivity index (χ0) is 19.9. The maximum atomic E-state index is 2.58. The molecular weight excluding hydrogens is 312 g/mol. The molecule has 0 aromatic rings. The van der Waals surface area contributed by atoms with Gasteiger partial charge in [0.25, 0.3) is 0 Å². The van der Waals surface area contributed by atoms with Crippen LogP contribution in [0.3, 0.4) is 0 Å². The monoisotopic (exact) mass is 364 g/mol. The fourth-order valence-electron chi connectivity index (χ4n) is 5.95. The Labute approximate surface area is 167 Å². The molecule has 0 aromatic heterocycles. The minimum atomic E-state index is 0.870. The normalized spacial score (nSPS) is 28.4. The Hall–Kier alpha value is 0. The van der Waals surface area contributed by atoms with Crippen LogP contribution in [0.25, 0.3) is 0 Å². The van der Waals surface area contributed by atoms with Gasteiger partial charge in [0.15, 0.2) is 0 Å². The molecule has 6 atom stereocenters. The molecular formula is C26H52. The largest absolute Gasteiger partial charge is 0.0651 e. The minimum Gasteiger partial charge on any atom is -0.0651 e. The molecule has 1 saturated carbocycles. The predicted molar refractivity (Wildman–Crippen MR) is 119 cm³/mol. The Balaban J connectivity index is 2.63. The van der Waals surface area contributed by atoms with E-state index in [1.54, 1.807) is 0 Å². The molecule has 0 bridgehead atoms. The van der Waals surface area contributed by atoms with E-state index in [0.29, 0.717) is 0 Å². The van der Waals surface area contributed by atoms with E-state index in [1.165, 1.54) is 51.4 Å². The highest BCUT2D eigenvalue weighted by atomic mass is 14.4. The summed E-state index contributed by atoms with van der Waals surface area (Å²) < 4.78 is 0. The fourth-order valence-corrected chi connectivity index (χ4v) is 5.95. The summed E-state index contributed by atoms with van der Waals surface area (Å²) in [5, 5.41) is 0. The van der Waals surface area contributed by atoms with Crippen LogP contribution in [0.2, 0.25) is 0 Å². The zero-order valence-electron chi connectivity index (χ0n) is 19.9. The maximum Gasteiger partial charge on any atom is -0.0386 e. The fraction of sp³-hybridized carbons (Fsp3) is 1.00. The first kappa shape index (κ1) is 24.0. The van der Waals surface area contributed by atoms with Gasteiger partial charge < -0.3 is 0 Å². The molecule has 0 saturated heterocycles. The Morgan fingerprint density at radius 3 is 1.54 bits per heavy atom. The van der Waals surface area contributed by atoms with E-state index in [2.05, 4.69) is 62.3 Å². The van der Waals surface area contributed by atoms with Gasteiger partial charge in [-0.15, -0.1) is 0 Å². The highest BCUT2D eigenvalue weighted by molar-refractivity contribution is 4.83. The van der Waals surface area contributed by atoms with Gasteiger partial charge >= 0.3 is 0 Å². The molecule has 1 aliphatic carbocycles. The zero-order valence-corrected chi connectivity index (χ0v) is 19.9. The molecule has 0 heterocycles. The Kier molecular flexibility index (Phi) is 10.9. The van der Waals surface area contributed by atoms with Crippen molar-refractivity contribution in [3.05, 3.63) is 0 Å². The molecule has 156 valence electrons. The third-order valence-corrected chi connectivity index (χ3v) is 9.01. The van der Waals surface area contributed by atoms with E-state index >= 15 is 0 Å². The molecule has 1 fully saturated rings. The molecule has 6 unspecified atom stereocenters. The Bertz CT molecular complexity index is 349. The highest BCUT2D eigenvalue weighted by Crippen LogP contribution is 2.43. The molecule has 0 heteroatoms. The van der Waals surface area contributed by atoms with Gasteiger partial charge in [0.05, 0.1) is 0 Å². The van der Waals surface area contributed by atoms with Crippen molar-refractivity contribution in [2.24, 2.45) is 53.3 Å². The van der Waals surface area contributed by atoms with E-state index in [-0.39, 0.29) is 0 Å². The summed E-state index contributed by atoms with van der Waals surface area (Å²) in [5.74, 6) is 8.24. The predicted octanol–water partition coefficient (Wildman–Crippen LogP) is 8.85. The summed E-state index contributed by atoms with van der Waals surface area (Å²) in [4.78, 5) is 0. The van der Waals surface area contributed by atoms with Crippen LogP contribution in [0.4, 0.5) is 0 Å². The van der Waals surface area contributed by atoms with Crippen LogP contribution in [0, 0.1) is 53.3 Å². The molecule has 1 rings (SSSR count). The second kappa shape index (κ2) is 11.8. The van der Waals surface area contributed by atoms with E-state index in [0.717, 1.165) is 53.3 Å². The third-order valence-electron chi connectivity index (χ3n) is 9.01. The Morgan fingerprint density at radius 2 is 1.12 bits per heavy atom. The molecule has 0 spiro atoms. The summed E-state index contributed by atoms with van der Waals surface area (Å²) in [5.41, 5.74) is 0. The SMILES string of the molecule is CCC(C)C(CC)CC(CC)C(C)C(C)C(C)C1CCC(C(C)C)CC1. The summed E-state index contributed by atoms with van der Waals surface area (Å²) in [6, 6.07) is 0. The van der Waals surface area contributed by atoms with Crippen molar-refractivity contribution in [1.29, 1.82) is 0 Å². The van der Waals surface area contributed by atoms with Crippen molar-refractivity contribution in [1.82, 2.24) is 0 Å². The van der Waals surface area contributed by atoms with Gasteiger partial charge in [-0.25, -0.2) is 0 Å². The molecule has 0 amide bonds. The summed E-state index contributed by atoms with van der Waals surface area (Å²) >= 11 is 0. The lowest BCUT2D eigenvalue weighted by Gasteiger charge is -2.40. The van der Waals surface area contributed by atoms with Crippen LogP contribution in [0.15, 0.2) is 0 Å². The van der Waals surface area contributed by atoms with Crippen molar-refractivity contribution in [2.75, 3.05) is 0 Å². The molecule has 0 radical (unpaired) electrons. The smallest absolute Gasteiger partial charge is 0.0386 e. The first-order valence-electron chi connectivity index (χ1n) is 12.3. The number of rotatable bonds is 11. The first-order chi connectivity index (χ1) is 12.3. The lowest BCUT2D eigenvalue weighted by Crippen LogP contribution is -2.32. The van der Waals surface area contributed by atoms with Gasteiger partial charge in [0.1, 0.15) is 0 Å². The van der Waals surface area contributed by atoms with Crippen molar-refractivity contribution in [3.8, 4) is 0 Å². The van der Waals surface area contributed by atoms with Crippen molar-refractivity contribution in [2.45, 2.75) is 114 Å². The lowest BCUT2D eigenvalue weighted by atomic mass is 9.65. The van der Waals surface area contributed by atoms with Crippen LogP contribution in [-0.4, -0.2) is 0 Å². The number of hydrogen-bond acceptors (Lipinski definition) is 0. The van der Waals surface area contributed by atoms with Crippen LogP contribution in [-0.2, 0) is 0 Å². The minimum absolute atomic E-state index is 0.870. The van der Waals surface area contributed by atoms with E-state index in [9.17, 15) is 0 Å². The van der Waals surface area contributed by atoms with E-state index in [1.807, 2.05) is 0 Å². The van der Waals surface area contributed by atoms with Crippen molar-refractivity contribution < 1.29 is 0 Å². The van der Waals surface area contributed by atoms with Crippen molar-refractivity contribution in [3.63, 3.8) is 0 Å². The van der Waals surface area contributed by atoms with E-state index < -0.39 is 0 Å². The van der Waals surface area contributed by atoms with Crippen LogP contribution < -0.4 is 0 Å². The van der Waals surface area contributed by atoms with Gasteiger partial charge in [-0.2, -0.15) is 0 Å². The highest BCUT2D eigenvalue weighted by Gasteiger charge is 2.33. The Morgan fingerprint density at radius 1 is 0.615 bits per heavy atom. The van der Waals surface area contributed by atoms with Crippen LogP contribution >= 0.6 is 0 Å². The van der Waals surface area contributed by atoms with Gasteiger partial charge in [0, 0.05) is 0 Å². The van der Waals surface area contributed by atoms with Crippen molar-refractivity contribution >= 4 is 0 Å². The van der Waals surface area contributed by atoms with Gasteiger partial charge in [-0.3, -0.25) is 0 Å². The van der Waals surface area contributed by atoms with Gasteiger partial charge in [-0.05, 0) is 85.4 Å². The number of hydrogen-bond donors (Lipinski definition) is 0. The molecule has 26 heavy (non-hydrogen) atoms. The second-order valence-corrected chi connectivity index (χ2v) is 10.5. The van der Waals surface area contributed by atoms with Crippen LogP contribution in [0.5, 0.6) is 0 Å². The molecule has 0 nitrogen and oxygen atoms in total. The van der Waals surface area contributed by atoms with Gasteiger partial charge in [0.2, 0.25) is 0 Å². The lowest BCUT2D eigenvalue weighted by molar-refractivity contribution is 0.0944.